The summed E-state index contributed by atoms with van der Waals surface area (Å²) in [6.07, 6.45) is 1.74. The van der Waals surface area contributed by atoms with Crippen LogP contribution in [0.4, 0.5) is 0 Å². The van der Waals surface area contributed by atoms with Crippen LogP contribution >= 0.6 is 0 Å². The van der Waals surface area contributed by atoms with E-state index >= 15 is 0 Å². The van der Waals surface area contributed by atoms with Gasteiger partial charge in [0.05, 0.1) is 5.52 Å². The first-order chi connectivity index (χ1) is 10.1. The summed E-state index contributed by atoms with van der Waals surface area (Å²) in [5, 5.41) is 3.70. The number of carbonyl (C=O) groups is 2. The molecule has 1 fully saturated rings. The van der Waals surface area contributed by atoms with Crippen LogP contribution in [0.5, 0.6) is 0 Å². The van der Waals surface area contributed by atoms with Crippen molar-refractivity contribution in [1.82, 2.24) is 15.2 Å². The summed E-state index contributed by atoms with van der Waals surface area (Å²) in [7, 11) is 0. The Kier molecular flexibility index (Phi) is 3.33. The van der Waals surface area contributed by atoms with Gasteiger partial charge in [-0.05, 0) is 31.5 Å². The molecule has 5 nitrogen and oxygen atoms in total. The molecule has 1 aromatic heterocycles. The van der Waals surface area contributed by atoms with E-state index in [1.807, 2.05) is 30.3 Å². The van der Waals surface area contributed by atoms with Gasteiger partial charge >= 0.3 is 0 Å². The van der Waals surface area contributed by atoms with Crippen molar-refractivity contribution >= 4 is 22.7 Å². The molecule has 1 aliphatic rings. The van der Waals surface area contributed by atoms with E-state index in [0.717, 1.165) is 16.5 Å². The van der Waals surface area contributed by atoms with Crippen LogP contribution in [-0.2, 0) is 16.1 Å². The molecule has 2 heterocycles. The van der Waals surface area contributed by atoms with Crippen molar-refractivity contribution in [3.8, 4) is 0 Å². The molecule has 2 amide bonds. The maximum absolute atomic E-state index is 12.3. The average Bonchev–Trinajstić information content (AvgIpc) is 2.50. The van der Waals surface area contributed by atoms with E-state index in [9.17, 15) is 9.59 Å². The Hall–Kier alpha value is -2.43. The van der Waals surface area contributed by atoms with Gasteiger partial charge in [0.2, 0.25) is 11.8 Å². The van der Waals surface area contributed by atoms with Gasteiger partial charge in [0.15, 0.2) is 0 Å². The van der Waals surface area contributed by atoms with Crippen LogP contribution in [0.15, 0.2) is 36.5 Å². The monoisotopic (exact) mass is 283 g/mol. The minimum absolute atomic E-state index is 0.0528. The number of amides is 2. The SMILES string of the molecule is CC1NC(=O)C(C)N(Cc2ccnc3ccccc23)C1=O. The molecular formula is C16H17N3O2. The highest BCUT2D eigenvalue weighted by molar-refractivity contribution is 5.96. The van der Waals surface area contributed by atoms with Gasteiger partial charge in [-0.2, -0.15) is 0 Å². The summed E-state index contributed by atoms with van der Waals surface area (Å²) in [4.78, 5) is 30.2. The fourth-order valence-corrected chi connectivity index (χ4v) is 2.67. The number of nitrogens with zero attached hydrogens (tertiary/aromatic N) is 2. The Bertz CT molecular complexity index is 708. The molecular weight excluding hydrogens is 266 g/mol. The third-order valence-corrected chi connectivity index (χ3v) is 3.94. The Labute approximate surface area is 123 Å². The number of para-hydroxylation sites is 1. The molecule has 108 valence electrons. The lowest BCUT2D eigenvalue weighted by Gasteiger charge is -2.36. The Morgan fingerprint density at radius 1 is 1.19 bits per heavy atom. The lowest BCUT2D eigenvalue weighted by atomic mass is 10.1. The Morgan fingerprint density at radius 3 is 2.76 bits per heavy atom. The number of hydrogen-bond donors (Lipinski definition) is 1. The number of piperazine rings is 1. The molecule has 2 unspecified atom stereocenters. The van der Waals surface area contributed by atoms with Crippen molar-refractivity contribution in [2.24, 2.45) is 0 Å². The van der Waals surface area contributed by atoms with Crippen molar-refractivity contribution in [2.45, 2.75) is 32.5 Å². The Morgan fingerprint density at radius 2 is 1.95 bits per heavy atom. The van der Waals surface area contributed by atoms with E-state index in [2.05, 4.69) is 10.3 Å². The summed E-state index contributed by atoms with van der Waals surface area (Å²) in [5.41, 5.74) is 1.90. The first kappa shape index (κ1) is 13.5. The number of carbonyl (C=O) groups excluding carboxylic acids is 2. The molecule has 0 bridgehead atoms. The van der Waals surface area contributed by atoms with Crippen molar-refractivity contribution in [1.29, 1.82) is 0 Å². The molecule has 1 saturated heterocycles. The highest BCUT2D eigenvalue weighted by Gasteiger charge is 2.35. The molecule has 0 spiro atoms. The number of benzene rings is 1. The van der Waals surface area contributed by atoms with E-state index in [1.54, 1.807) is 24.9 Å². The fourth-order valence-electron chi connectivity index (χ4n) is 2.67. The molecule has 0 aliphatic carbocycles. The zero-order chi connectivity index (χ0) is 15.0. The molecule has 0 radical (unpaired) electrons. The maximum atomic E-state index is 12.3. The Balaban J connectivity index is 1.97. The van der Waals surface area contributed by atoms with Crippen LogP contribution in [0.1, 0.15) is 19.4 Å². The van der Waals surface area contributed by atoms with E-state index < -0.39 is 12.1 Å². The summed E-state index contributed by atoms with van der Waals surface area (Å²) in [6.45, 7) is 3.88. The molecule has 0 saturated carbocycles. The van der Waals surface area contributed by atoms with Crippen LogP contribution in [0.2, 0.25) is 0 Å². The zero-order valence-electron chi connectivity index (χ0n) is 12.0. The maximum Gasteiger partial charge on any atom is 0.245 e. The predicted molar refractivity (Wildman–Crippen MR) is 79.4 cm³/mol. The first-order valence-corrected chi connectivity index (χ1v) is 7.01. The molecule has 1 aliphatic heterocycles. The molecule has 1 N–H and O–H groups in total. The fraction of sp³-hybridized carbons (Fsp3) is 0.312. The zero-order valence-corrected chi connectivity index (χ0v) is 12.0. The van der Waals surface area contributed by atoms with Crippen molar-refractivity contribution in [2.75, 3.05) is 0 Å². The van der Waals surface area contributed by atoms with E-state index in [1.165, 1.54) is 0 Å². The quantitative estimate of drug-likeness (QED) is 0.908. The smallest absolute Gasteiger partial charge is 0.245 e. The largest absolute Gasteiger partial charge is 0.343 e. The first-order valence-electron chi connectivity index (χ1n) is 7.01. The number of fused-ring (bicyclic) bond motifs is 1. The van der Waals surface area contributed by atoms with E-state index in [-0.39, 0.29) is 11.8 Å². The highest BCUT2D eigenvalue weighted by Crippen LogP contribution is 2.20. The molecule has 2 aromatic rings. The summed E-state index contributed by atoms with van der Waals surface area (Å²) in [6, 6.07) is 8.78. The predicted octanol–water partition coefficient (Wildman–Crippen LogP) is 1.47. The number of hydrogen-bond acceptors (Lipinski definition) is 3. The van der Waals surface area contributed by atoms with Crippen LogP contribution in [-0.4, -0.2) is 33.8 Å². The molecule has 21 heavy (non-hydrogen) atoms. The third kappa shape index (κ3) is 2.35. The van der Waals surface area contributed by atoms with Gasteiger partial charge < -0.3 is 10.2 Å². The highest BCUT2D eigenvalue weighted by atomic mass is 16.2. The normalized spacial score (nSPS) is 22.5. The molecule has 1 aromatic carbocycles. The lowest BCUT2D eigenvalue weighted by Crippen LogP contribution is -2.60. The summed E-state index contributed by atoms with van der Waals surface area (Å²) >= 11 is 0. The van der Waals surface area contributed by atoms with Gasteiger partial charge in [-0.15, -0.1) is 0 Å². The van der Waals surface area contributed by atoms with Gasteiger partial charge in [-0.3, -0.25) is 14.6 Å². The van der Waals surface area contributed by atoms with Gasteiger partial charge in [-0.25, -0.2) is 0 Å². The summed E-state index contributed by atoms with van der Waals surface area (Å²) in [5.74, 6) is -0.163. The minimum Gasteiger partial charge on any atom is -0.343 e. The number of nitrogens with one attached hydrogen (secondary N) is 1. The third-order valence-electron chi connectivity index (χ3n) is 3.94. The number of pyridine rings is 1. The van der Waals surface area contributed by atoms with Crippen LogP contribution in [0.3, 0.4) is 0 Å². The molecule has 3 rings (SSSR count). The number of rotatable bonds is 2. The average molecular weight is 283 g/mol. The second-order valence-electron chi connectivity index (χ2n) is 5.36. The summed E-state index contributed by atoms with van der Waals surface area (Å²) < 4.78 is 0. The standard InChI is InChI=1S/C16H17N3O2/c1-10-16(21)19(11(2)15(20)18-10)9-12-7-8-17-14-6-4-3-5-13(12)14/h3-8,10-11H,9H2,1-2H3,(H,18,20). The van der Waals surface area contributed by atoms with Crippen molar-refractivity contribution in [3.05, 3.63) is 42.1 Å². The second kappa shape index (κ2) is 5.16. The van der Waals surface area contributed by atoms with Gasteiger partial charge in [0.25, 0.3) is 0 Å². The minimum atomic E-state index is -0.471. The van der Waals surface area contributed by atoms with Crippen LogP contribution in [0.25, 0.3) is 10.9 Å². The molecule has 2 atom stereocenters. The van der Waals surface area contributed by atoms with E-state index in [4.69, 9.17) is 0 Å². The van der Waals surface area contributed by atoms with Crippen molar-refractivity contribution in [3.63, 3.8) is 0 Å². The van der Waals surface area contributed by atoms with E-state index in [0.29, 0.717) is 6.54 Å². The molecule has 5 heteroatoms. The van der Waals surface area contributed by atoms with Gasteiger partial charge in [0.1, 0.15) is 12.1 Å². The van der Waals surface area contributed by atoms with Gasteiger partial charge in [-0.1, -0.05) is 18.2 Å². The number of aromatic nitrogens is 1. The van der Waals surface area contributed by atoms with Crippen LogP contribution < -0.4 is 5.32 Å². The lowest BCUT2D eigenvalue weighted by molar-refractivity contribution is -0.148. The van der Waals surface area contributed by atoms with Crippen LogP contribution in [0, 0.1) is 0 Å². The second-order valence-corrected chi connectivity index (χ2v) is 5.36. The topological polar surface area (TPSA) is 62.3 Å². The van der Waals surface area contributed by atoms with Gasteiger partial charge in [0, 0.05) is 18.1 Å². The van der Waals surface area contributed by atoms with Crippen molar-refractivity contribution < 1.29 is 9.59 Å².